The van der Waals surface area contributed by atoms with Crippen LogP contribution in [-0.2, 0) is 20.3 Å². The number of guanidine groups is 1. The highest BCUT2D eigenvalue weighted by Crippen LogP contribution is 2.06. The molecule has 0 atom stereocenters. The van der Waals surface area contributed by atoms with Gasteiger partial charge in [0.1, 0.15) is 0 Å². The van der Waals surface area contributed by atoms with Gasteiger partial charge in [0.05, 0.1) is 11.5 Å². The number of rotatable bonds is 12. The summed E-state index contributed by atoms with van der Waals surface area (Å²) in [5.74, 6) is 0.970. The molecule has 0 radical (unpaired) electrons. The molecule has 7 heteroatoms. The zero-order valence-electron chi connectivity index (χ0n) is 15.3. The minimum absolute atomic E-state index is 0.0979. The van der Waals surface area contributed by atoms with Crippen LogP contribution in [0.15, 0.2) is 35.3 Å². The van der Waals surface area contributed by atoms with Gasteiger partial charge in [-0.3, -0.25) is 4.99 Å². The van der Waals surface area contributed by atoms with Gasteiger partial charge in [0.25, 0.3) is 0 Å². The van der Waals surface area contributed by atoms with Crippen molar-refractivity contribution in [2.75, 3.05) is 39.1 Å². The highest BCUT2D eigenvalue weighted by Gasteiger charge is 2.11. The van der Waals surface area contributed by atoms with Gasteiger partial charge in [0, 0.05) is 33.4 Å². The van der Waals surface area contributed by atoms with Gasteiger partial charge in [-0.25, -0.2) is 8.42 Å². The lowest BCUT2D eigenvalue weighted by molar-refractivity contribution is 0.143. The Kier molecular flexibility index (Phi) is 10.9. The van der Waals surface area contributed by atoms with Crippen LogP contribution in [0.5, 0.6) is 0 Å². The van der Waals surface area contributed by atoms with Crippen LogP contribution in [0.25, 0.3) is 0 Å². The minimum atomic E-state index is -3.08. The van der Waals surface area contributed by atoms with Crippen molar-refractivity contribution in [2.24, 2.45) is 4.99 Å². The molecule has 0 amide bonds. The molecule has 0 heterocycles. The van der Waals surface area contributed by atoms with Crippen LogP contribution in [0.1, 0.15) is 31.7 Å². The average Bonchev–Trinajstić information content (AvgIpc) is 2.60. The number of sulfone groups is 1. The van der Waals surface area contributed by atoms with Gasteiger partial charge in [-0.1, -0.05) is 30.3 Å². The fourth-order valence-corrected chi connectivity index (χ4v) is 3.73. The predicted octanol–water partition coefficient (Wildman–Crippen LogP) is 1.97. The van der Waals surface area contributed by atoms with Crippen molar-refractivity contribution in [1.82, 2.24) is 10.6 Å². The third-order valence-electron chi connectivity index (χ3n) is 3.59. The first-order valence-corrected chi connectivity index (χ1v) is 10.7. The maximum absolute atomic E-state index is 12.1. The van der Waals surface area contributed by atoms with Crippen LogP contribution >= 0.6 is 0 Å². The average molecular weight is 370 g/mol. The molecule has 0 fully saturated rings. The number of benzene rings is 1. The van der Waals surface area contributed by atoms with Crippen molar-refractivity contribution in [3.63, 3.8) is 0 Å². The van der Waals surface area contributed by atoms with E-state index >= 15 is 0 Å². The monoisotopic (exact) mass is 369 g/mol. The number of nitrogens with zero attached hydrogens (tertiary/aromatic N) is 1. The normalized spacial score (nSPS) is 12.2. The lowest BCUT2D eigenvalue weighted by Crippen LogP contribution is -2.38. The third-order valence-corrected chi connectivity index (χ3v) is 5.27. The number of ether oxygens (including phenoxy) is 1. The lowest BCUT2D eigenvalue weighted by atomic mass is 10.2. The van der Waals surface area contributed by atoms with Gasteiger partial charge in [-0.15, -0.1) is 0 Å². The number of aliphatic imine (C=N–C) groups is 1. The molecule has 2 N–H and O–H groups in total. The molecular weight excluding hydrogens is 338 g/mol. The molecule has 0 aliphatic rings. The van der Waals surface area contributed by atoms with Gasteiger partial charge < -0.3 is 15.4 Å². The molecule has 0 spiro atoms. The zero-order chi connectivity index (χ0) is 18.4. The van der Waals surface area contributed by atoms with E-state index in [0.29, 0.717) is 18.9 Å². The highest BCUT2D eigenvalue weighted by atomic mass is 32.2. The molecule has 1 aromatic rings. The summed E-state index contributed by atoms with van der Waals surface area (Å²) >= 11 is 0. The largest absolute Gasteiger partial charge is 0.382 e. The summed E-state index contributed by atoms with van der Waals surface area (Å²) in [6.45, 7) is 4.92. The maximum atomic E-state index is 12.1. The van der Waals surface area contributed by atoms with Crippen molar-refractivity contribution in [1.29, 1.82) is 0 Å². The summed E-state index contributed by atoms with van der Waals surface area (Å²) in [5, 5.41) is 6.37. The van der Waals surface area contributed by atoms with E-state index in [2.05, 4.69) is 15.6 Å². The van der Waals surface area contributed by atoms with Crippen molar-refractivity contribution in [2.45, 2.75) is 31.9 Å². The van der Waals surface area contributed by atoms with E-state index in [9.17, 15) is 8.42 Å². The fourth-order valence-electron chi connectivity index (χ4n) is 2.30. The van der Waals surface area contributed by atoms with Gasteiger partial charge in [0.2, 0.25) is 0 Å². The topological polar surface area (TPSA) is 79.8 Å². The number of hydrogen-bond donors (Lipinski definition) is 2. The molecular formula is C18H31N3O3S. The Morgan fingerprint density at radius 3 is 2.40 bits per heavy atom. The number of unbranched alkanes of at least 4 members (excludes halogenated alkanes) is 1. The van der Waals surface area contributed by atoms with E-state index in [1.54, 1.807) is 7.05 Å². The van der Waals surface area contributed by atoms with Gasteiger partial charge in [-0.2, -0.15) is 0 Å². The highest BCUT2D eigenvalue weighted by molar-refractivity contribution is 7.90. The first-order valence-electron chi connectivity index (χ1n) is 8.84. The Balaban J connectivity index is 2.17. The second-order valence-electron chi connectivity index (χ2n) is 5.76. The molecule has 0 unspecified atom stereocenters. The Hall–Kier alpha value is -1.60. The summed E-state index contributed by atoms with van der Waals surface area (Å²) in [6.07, 6.45) is 2.57. The van der Waals surface area contributed by atoms with E-state index in [-0.39, 0.29) is 11.5 Å². The van der Waals surface area contributed by atoms with Crippen LogP contribution in [0.3, 0.4) is 0 Å². The molecule has 0 bridgehead atoms. The van der Waals surface area contributed by atoms with E-state index in [4.69, 9.17) is 4.74 Å². The summed E-state index contributed by atoms with van der Waals surface area (Å²) in [5.41, 5.74) is 0.833. The maximum Gasteiger partial charge on any atom is 0.190 e. The molecule has 1 aromatic carbocycles. The van der Waals surface area contributed by atoms with Crippen molar-refractivity contribution in [3.8, 4) is 0 Å². The fraction of sp³-hybridized carbons (Fsp3) is 0.611. The van der Waals surface area contributed by atoms with Gasteiger partial charge >= 0.3 is 0 Å². The quantitative estimate of drug-likeness (QED) is 0.334. The van der Waals surface area contributed by atoms with Gasteiger partial charge in [0.15, 0.2) is 15.8 Å². The molecule has 0 saturated carbocycles. The Morgan fingerprint density at radius 1 is 1.08 bits per heavy atom. The standard InChI is InChI=1S/C18H31N3O3S/c1-3-24-14-8-7-12-20-18(19-2)21-13-9-15-25(22,23)16-17-10-5-4-6-11-17/h4-6,10-11H,3,7-9,12-16H2,1-2H3,(H2,19,20,21). The summed E-state index contributed by atoms with van der Waals surface area (Å²) in [7, 11) is -1.37. The molecule has 0 aliphatic carbocycles. The Morgan fingerprint density at radius 2 is 1.76 bits per heavy atom. The van der Waals surface area contributed by atoms with E-state index < -0.39 is 9.84 Å². The third kappa shape index (κ3) is 10.8. The van der Waals surface area contributed by atoms with Crippen LogP contribution in [0.4, 0.5) is 0 Å². The molecule has 142 valence electrons. The van der Waals surface area contributed by atoms with Crippen LogP contribution in [-0.4, -0.2) is 53.5 Å². The number of hydrogen-bond acceptors (Lipinski definition) is 4. The van der Waals surface area contributed by atoms with E-state index in [0.717, 1.165) is 38.2 Å². The second-order valence-corrected chi connectivity index (χ2v) is 7.95. The molecule has 0 saturated heterocycles. The lowest BCUT2D eigenvalue weighted by Gasteiger charge is -2.12. The summed E-state index contributed by atoms with van der Waals surface area (Å²) < 4.78 is 29.5. The van der Waals surface area contributed by atoms with Gasteiger partial charge in [-0.05, 0) is 31.7 Å². The first-order chi connectivity index (χ1) is 12.1. The Bertz CT molecular complexity index is 589. The smallest absolute Gasteiger partial charge is 0.190 e. The van der Waals surface area contributed by atoms with Crippen LogP contribution in [0.2, 0.25) is 0 Å². The predicted molar refractivity (Wildman–Crippen MR) is 104 cm³/mol. The number of nitrogens with one attached hydrogen (secondary N) is 2. The zero-order valence-corrected chi connectivity index (χ0v) is 16.1. The molecule has 0 aromatic heterocycles. The van der Waals surface area contributed by atoms with Crippen molar-refractivity contribution in [3.05, 3.63) is 35.9 Å². The summed E-state index contributed by atoms with van der Waals surface area (Å²) in [6, 6.07) is 9.28. The van der Waals surface area contributed by atoms with Crippen molar-refractivity contribution < 1.29 is 13.2 Å². The Labute approximate surface area is 152 Å². The minimum Gasteiger partial charge on any atom is -0.382 e. The SMILES string of the molecule is CCOCCCCNC(=NC)NCCCS(=O)(=O)Cc1ccccc1. The summed E-state index contributed by atoms with van der Waals surface area (Å²) in [4.78, 5) is 4.14. The van der Waals surface area contributed by atoms with Crippen molar-refractivity contribution >= 4 is 15.8 Å². The molecule has 1 rings (SSSR count). The van der Waals surface area contributed by atoms with Crippen LogP contribution in [0, 0.1) is 0 Å². The first kappa shape index (κ1) is 21.4. The second kappa shape index (κ2) is 12.7. The van der Waals surface area contributed by atoms with E-state index in [1.165, 1.54) is 0 Å². The molecule has 25 heavy (non-hydrogen) atoms. The van der Waals surface area contributed by atoms with E-state index in [1.807, 2.05) is 37.3 Å². The molecule has 0 aliphatic heterocycles. The van der Waals surface area contributed by atoms with Crippen LogP contribution < -0.4 is 10.6 Å². The molecule has 6 nitrogen and oxygen atoms in total.